The largest absolute Gasteiger partial charge is 0.497 e. The van der Waals surface area contributed by atoms with Crippen molar-refractivity contribution in [2.75, 3.05) is 13.7 Å². The fourth-order valence-corrected chi connectivity index (χ4v) is 3.98. The highest BCUT2D eigenvalue weighted by molar-refractivity contribution is 5.79. The van der Waals surface area contributed by atoms with Crippen molar-refractivity contribution in [2.24, 2.45) is 5.41 Å². The first-order valence-electron chi connectivity index (χ1n) is 9.60. The molecule has 0 aliphatic carbocycles. The number of hydrogen-bond donors (Lipinski definition) is 1. The molecule has 5 nitrogen and oxygen atoms in total. The molecule has 27 heavy (non-hydrogen) atoms. The monoisotopic (exact) mass is 372 g/mol. The normalized spacial score (nSPS) is 19.9. The van der Waals surface area contributed by atoms with E-state index in [2.05, 4.69) is 25.7 Å². The van der Waals surface area contributed by atoms with Crippen LogP contribution in [0.5, 0.6) is 5.75 Å². The standard InChI is InChI=1S/C22H32N2O3/c1-6-8-20-22(3,4)13-7-14-24(20)21(26)15-19(23-16(2)25)17-9-11-18(27-5)12-10-17/h6,9-12,19-20H,1,7-8,13-15H2,2-5H3,(H,23,25). The molecule has 2 unspecified atom stereocenters. The molecule has 1 N–H and O–H groups in total. The zero-order valence-electron chi connectivity index (χ0n) is 17.0. The first kappa shape index (κ1) is 21.0. The van der Waals surface area contributed by atoms with Crippen molar-refractivity contribution in [3.05, 3.63) is 42.5 Å². The van der Waals surface area contributed by atoms with Gasteiger partial charge in [-0.15, -0.1) is 6.58 Å². The average Bonchev–Trinajstić information content (AvgIpc) is 2.62. The number of nitrogens with one attached hydrogen (secondary N) is 1. The maximum atomic E-state index is 13.2. The Hall–Kier alpha value is -2.30. The van der Waals surface area contributed by atoms with Gasteiger partial charge < -0.3 is 15.0 Å². The fourth-order valence-electron chi connectivity index (χ4n) is 3.98. The van der Waals surface area contributed by atoms with E-state index in [1.54, 1.807) is 7.11 Å². The molecule has 1 aromatic carbocycles. The summed E-state index contributed by atoms with van der Waals surface area (Å²) in [6, 6.07) is 7.28. The predicted molar refractivity (Wildman–Crippen MR) is 107 cm³/mol. The van der Waals surface area contributed by atoms with Gasteiger partial charge >= 0.3 is 0 Å². The molecule has 0 aromatic heterocycles. The molecule has 1 aromatic rings. The molecule has 1 fully saturated rings. The van der Waals surface area contributed by atoms with Crippen LogP contribution in [0.2, 0.25) is 0 Å². The van der Waals surface area contributed by atoms with Crippen molar-refractivity contribution >= 4 is 11.8 Å². The molecule has 5 heteroatoms. The highest BCUT2D eigenvalue weighted by atomic mass is 16.5. The molecular weight excluding hydrogens is 340 g/mol. The molecule has 2 atom stereocenters. The van der Waals surface area contributed by atoms with Crippen molar-refractivity contribution in [3.63, 3.8) is 0 Å². The summed E-state index contributed by atoms with van der Waals surface area (Å²) in [5, 5.41) is 2.92. The van der Waals surface area contributed by atoms with Gasteiger partial charge in [-0.3, -0.25) is 9.59 Å². The Morgan fingerprint density at radius 3 is 2.59 bits per heavy atom. The van der Waals surface area contributed by atoms with Crippen LogP contribution in [0.25, 0.3) is 0 Å². The fraction of sp³-hybridized carbons (Fsp3) is 0.545. The van der Waals surface area contributed by atoms with Gasteiger partial charge in [-0.05, 0) is 42.4 Å². The summed E-state index contributed by atoms with van der Waals surface area (Å²) in [6.45, 7) is 10.5. The van der Waals surface area contributed by atoms with Gasteiger partial charge in [0.05, 0.1) is 19.6 Å². The zero-order chi connectivity index (χ0) is 20.0. The summed E-state index contributed by atoms with van der Waals surface area (Å²) in [7, 11) is 1.61. The van der Waals surface area contributed by atoms with Crippen LogP contribution in [0.3, 0.4) is 0 Å². The topological polar surface area (TPSA) is 58.6 Å². The van der Waals surface area contributed by atoms with E-state index in [9.17, 15) is 9.59 Å². The number of benzene rings is 1. The molecule has 1 saturated heterocycles. The van der Waals surface area contributed by atoms with Crippen molar-refractivity contribution in [3.8, 4) is 5.75 Å². The first-order chi connectivity index (χ1) is 12.8. The van der Waals surface area contributed by atoms with Crippen molar-refractivity contribution < 1.29 is 14.3 Å². The molecule has 1 aliphatic heterocycles. The number of piperidine rings is 1. The Bertz CT molecular complexity index is 667. The molecule has 0 radical (unpaired) electrons. The number of carbonyl (C=O) groups excluding carboxylic acids is 2. The van der Waals surface area contributed by atoms with E-state index in [4.69, 9.17) is 4.74 Å². The van der Waals surface area contributed by atoms with Crippen LogP contribution in [-0.4, -0.2) is 36.4 Å². The number of ether oxygens (including phenoxy) is 1. The van der Waals surface area contributed by atoms with E-state index in [1.807, 2.05) is 35.2 Å². The Balaban J connectivity index is 2.20. The highest BCUT2D eigenvalue weighted by Crippen LogP contribution is 2.38. The molecule has 2 rings (SSSR count). The number of methoxy groups -OCH3 is 1. The quantitative estimate of drug-likeness (QED) is 0.740. The number of hydrogen-bond acceptors (Lipinski definition) is 3. The van der Waals surface area contributed by atoms with E-state index in [0.717, 1.165) is 37.1 Å². The second-order valence-corrected chi connectivity index (χ2v) is 7.95. The van der Waals surface area contributed by atoms with Crippen molar-refractivity contribution in [2.45, 2.75) is 58.5 Å². The minimum Gasteiger partial charge on any atom is -0.497 e. The second kappa shape index (κ2) is 9.07. The lowest BCUT2D eigenvalue weighted by Gasteiger charge is -2.46. The summed E-state index contributed by atoms with van der Waals surface area (Å²) < 4.78 is 5.20. The van der Waals surface area contributed by atoms with Gasteiger partial charge in [0.25, 0.3) is 0 Å². The van der Waals surface area contributed by atoms with Gasteiger partial charge in [0.2, 0.25) is 11.8 Å². The molecular formula is C22H32N2O3. The second-order valence-electron chi connectivity index (χ2n) is 7.95. The summed E-state index contributed by atoms with van der Waals surface area (Å²) in [5.74, 6) is 0.671. The molecule has 2 amide bonds. The summed E-state index contributed by atoms with van der Waals surface area (Å²) in [4.78, 5) is 26.9. The Morgan fingerprint density at radius 1 is 1.37 bits per heavy atom. The lowest BCUT2D eigenvalue weighted by Crippen LogP contribution is -2.52. The number of amides is 2. The lowest BCUT2D eigenvalue weighted by molar-refractivity contribution is -0.139. The molecule has 0 saturated carbocycles. The van der Waals surface area contributed by atoms with Gasteiger partial charge in [0.1, 0.15) is 5.75 Å². The summed E-state index contributed by atoms with van der Waals surface area (Å²) in [6.07, 6.45) is 5.02. The molecule has 0 bridgehead atoms. The van der Waals surface area contributed by atoms with E-state index in [-0.39, 0.29) is 35.7 Å². The summed E-state index contributed by atoms with van der Waals surface area (Å²) in [5.41, 5.74) is 0.960. The van der Waals surface area contributed by atoms with Crippen LogP contribution in [-0.2, 0) is 9.59 Å². The van der Waals surface area contributed by atoms with E-state index in [0.29, 0.717) is 0 Å². The Kier molecular flexibility index (Phi) is 7.05. The zero-order valence-corrected chi connectivity index (χ0v) is 17.0. The van der Waals surface area contributed by atoms with Crippen LogP contribution < -0.4 is 10.1 Å². The van der Waals surface area contributed by atoms with Crippen molar-refractivity contribution in [1.82, 2.24) is 10.2 Å². The van der Waals surface area contributed by atoms with Gasteiger partial charge in [0, 0.05) is 19.5 Å². The third kappa shape index (κ3) is 5.34. The van der Waals surface area contributed by atoms with E-state index in [1.165, 1.54) is 6.92 Å². The summed E-state index contributed by atoms with van der Waals surface area (Å²) >= 11 is 0. The van der Waals surface area contributed by atoms with E-state index < -0.39 is 0 Å². The van der Waals surface area contributed by atoms with Gasteiger partial charge in [-0.25, -0.2) is 0 Å². The van der Waals surface area contributed by atoms with Gasteiger partial charge in [0.15, 0.2) is 0 Å². The average molecular weight is 373 g/mol. The first-order valence-corrected chi connectivity index (χ1v) is 9.60. The molecule has 0 spiro atoms. The van der Waals surface area contributed by atoms with Crippen molar-refractivity contribution in [1.29, 1.82) is 0 Å². The SMILES string of the molecule is C=CCC1N(C(=O)CC(NC(C)=O)c2ccc(OC)cc2)CCCC1(C)C. The van der Waals surface area contributed by atoms with Crippen LogP contribution in [0.1, 0.15) is 58.1 Å². The van der Waals surface area contributed by atoms with Crippen LogP contribution in [0, 0.1) is 5.41 Å². The maximum absolute atomic E-state index is 13.2. The predicted octanol–water partition coefficient (Wildman–Crippen LogP) is 3.86. The minimum atomic E-state index is -0.352. The van der Waals surface area contributed by atoms with Crippen LogP contribution in [0.4, 0.5) is 0 Å². The maximum Gasteiger partial charge on any atom is 0.225 e. The number of likely N-dealkylation sites (tertiary alicyclic amines) is 1. The Labute approximate surface area is 162 Å². The highest BCUT2D eigenvalue weighted by Gasteiger charge is 2.39. The third-order valence-corrected chi connectivity index (χ3v) is 5.48. The molecule has 1 aliphatic rings. The lowest BCUT2D eigenvalue weighted by atomic mass is 9.75. The third-order valence-electron chi connectivity index (χ3n) is 5.48. The number of nitrogens with zero attached hydrogens (tertiary/aromatic N) is 1. The van der Waals surface area contributed by atoms with Crippen LogP contribution in [0.15, 0.2) is 36.9 Å². The van der Waals surface area contributed by atoms with Gasteiger partial charge in [-0.2, -0.15) is 0 Å². The van der Waals surface area contributed by atoms with Crippen LogP contribution >= 0.6 is 0 Å². The molecule has 148 valence electrons. The smallest absolute Gasteiger partial charge is 0.225 e. The number of carbonyl (C=O) groups is 2. The van der Waals surface area contributed by atoms with Gasteiger partial charge in [-0.1, -0.05) is 32.1 Å². The Morgan fingerprint density at radius 2 is 2.04 bits per heavy atom. The van der Waals surface area contributed by atoms with E-state index >= 15 is 0 Å². The minimum absolute atomic E-state index is 0.0612. The molecule has 1 heterocycles. The number of rotatable bonds is 7.